The summed E-state index contributed by atoms with van der Waals surface area (Å²) in [5.41, 5.74) is 0.749. The Hall–Kier alpha value is -0.120. The second-order valence-electron chi connectivity index (χ2n) is 9.64. The van der Waals surface area contributed by atoms with Crippen LogP contribution in [0.5, 0.6) is 0 Å². The highest BCUT2D eigenvalue weighted by Gasteiger charge is 2.61. The Kier molecular flexibility index (Phi) is 5.64. The fourth-order valence-corrected chi connectivity index (χ4v) is 5.82. The molecule has 3 heteroatoms. The normalized spacial score (nSPS) is 37.2. The second kappa shape index (κ2) is 7.25. The van der Waals surface area contributed by atoms with Gasteiger partial charge in [-0.2, -0.15) is 0 Å². The van der Waals surface area contributed by atoms with Gasteiger partial charge in [0.2, 0.25) is 0 Å². The number of aliphatic hydroxyl groups is 1. The Balaban J connectivity index is 1.39. The van der Waals surface area contributed by atoms with Crippen LogP contribution in [0.2, 0.25) is 0 Å². The van der Waals surface area contributed by atoms with E-state index in [0.717, 1.165) is 18.9 Å². The fraction of sp³-hybridized carbons (Fsp3) is 1.00. The molecule has 0 unspecified atom stereocenters. The molecule has 3 nitrogen and oxygen atoms in total. The maximum atomic E-state index is 10.4. The molecule has 1 N–H and O–H groups in total. The Bertz CT molecular complexity index is 418. The topological polar surface area (TPSA) is 32.7 Å². The molecular weight excluding hydrogens is 298 g/mol. The Morgan fingerprint density at radius 1 is 1.12 bits per heavy atom. The van der Waals surface area contributed by atoms with Crippen molar-refractivity contribution in [1.29, 1.82) is 0 Å². The highest BCUT2D eigenvalue weighted by Crippen LogP contribution is 2.66. The number of fused-ring (bicyclic) bond motifs is 2. The van der Waals surface area contributed by atoms with E-state index in [2.05, 4.69) is 32.7 Å². The monoisotopic (exact) mass is 337 g/mol. The summed E-state index contributed by atoms with van der Waals surface area (Å²) in [5.74, 6) is 0.829. The number of hydrogen-bond donors (Lipinski definition) is 1. The first-order valence-electron chi connectivity index (χ1n) is 10.3. The third-order valence-corrected chi connectivity index (χ3v) is 8.18. The molecule has 0 aromatic heterocycles. The van der Waals surface area contributed by atoms with E-state index in [-0.39, 0.29) is 6.10 Å². The van der Waals surface area contributed by atoms with Crippen molar-refractivity contribution in [3.63, 3.8) is 0 Å². The van der Waals surface area contributed by atoms with Crippen LogP contribution < -0.4 is 0 Å². The summed E-state index contributed by atoms with van der Waals surface area (Å²) in [5, 5.41) is 10.4. The number of rotatable bonds is 7. The van der Waals surface area contributed by atoms with Crippen molar-refractivity contribution >= 4 is 0 Å². The quantitative estimate of drug-likeness (QED) is 0.754. The Morgan fingerprint density at radius 3 is 2.42 bits per heavy atom. The van der Waals surface area contributed by atoms with Gasteiger partial charge in [-0.3, -0.25) is 0 Å². The lowest BCUT2D eigenvalue weighted by atomic mass is 9.70. The first kappa shape index (κ1) is 18.7. The summed E-state index contributed by atoms with van der Waals surface area (Å²) in [4.78, 5) is 2.38. The van der Waals surface area contributed by atoms with Crippen molar-refractivity contribution in [2.75, 3.05) is 20.2 Å². The minimum absolute atomic E-state index is 0.253. The lowest BCUT2D eigenvalue weighted by molar-refractivity contribution is -0.0568. The van der Waals surface area contributed by atoms with Gasteiger partial charge in [0.1, 0.15) is 0 Å². The zero-order valence-corrected chi connectivity index (χ0v) is 16.4. The van der Waals surface area contributed by atoms with Crippen LogP contribution in [0.25, 0.3) is 0 Å². The molecule has 0 saturated heterocycles. The number of aliphatic hydroxyl groups excluding tert-OH is 1. The fourth-order valence-electron chi connectivity index (χ4n) is 5.82. The molecule has 0 radical (unpaired) electrons. The van der Waals surface area contributed by atoms with Gasteiger partial charge in [-0.05, 0) is 62.3 Å². The number of hydrogen-bond acceptors (Lipinski definition) is 3. The maximum absolute atomic E-state index is 10.4. The van der Waals surface area contributed by atoms with E-state index in [1.54, 1.807) is 0 Å². The number of likely N-dealkylation sites (N-methyl/N-ethyl adjacent to an activating group) is 1. The molecule has 24 heavy (non-hydrogen) atoms. The smallest absolute Gasteiger partial charge is 0.0689 e. The molecular formula is C21H39NO2. The predicted octanol–water partition coefficient (Wildman–Crippen LogP) is 4.23. The van der Waals surface area contributed by atoms with E-state index in [0.29, 0.717) is 29.6 Å². The summed E-state index contributed by atoms with van der Waals surface area (Å²) >= 11 is 0. The summed E-state index contributed by atoms with van der Waals surface area (Å²) in [6.07, 6.45) is 11.5. The molecule has 0 aliphatic heterocycles. The zero-order valence-electron chi connectivity index (χ0n) is 16.4. The van der Waals surface area contributed by atoms with Crippen molar-refractivity contribution in [1.82, 2.24) is 4.90 Å². The molecule has 0 spiro atoms. The molecule has 0 aromatic rings. The standard InChI is InChI=1S/C21H39NO2/c1-20(2)16-10-12-21(20,3)19(14-16)24-13-11-18(23)15-22(4)17-8-6-5-7-9-17/h16-19,23H,5-15H2,1-4H3/t16-,18-,19+,21-/m1/s1. The predicted molar refractivity (Wildman–Crippen MR) is 99.1 cm³/mol. The van der Waals surface area contributed by atoms with Crippen molar-refractivity contribution in [3.8, 4) is 0 Å². The summed E-state index contributed by atoms with van der Waals surface area (Å²) in [6.45, 7) is 8.80. The van der Waals surface area contributed by atoms with E-state index >= 15 is 0 Å². The molecule has 3 rings (SSSR count). The van der Waals surface area contributed by atoms with Crippen LogP contribution in [0, 0.1) is 16.7 Å². The van der Waals surface area contributed by atoms with Crippen LogP contribution in [0.1, 0.15) is 78.6 Å². The summed E-state index contributed by atoms with van der Waals surface area (Å²) in [7, 11) is 2.18. The van der Waals surface area contributed by atoms with E-state index in [1.165, 1.54) is 51.4 Å². The summed E-state index contributed by atoms with van der Waals surface area (Å²) in [6, 6.07) is 0.680. The molecule has 140 valence electrons. The van der Waals surface area contributed by atoms with Crippen LogP contribution in [0.3, 0.4) is 0 Å². The Labute approximate surface area is 149 Å². The van der Waals surface area contributed by atoms with Crippen LogP contribution >= 0.6 is 0 Å². The summed E-state index contributed by atoms with van der Waals surface area (Å²) < 4.78 is 6.29. The van der Waals surface area contributed by atoms with Gasteiger partial charge >= 0.3 is 0 Å². The van der Waals surface area contributed by atoms with Gasteiger partial charge in [-0.25, -0.2) is 0 Å². The van der Waals surface area contributed by atoms with Crippen LogP contribution in [-0.2, 0) is 4.74 Å². The van der Waals surface area contributed by atoms with Gasteiger partial charge in [0.05, 0.1) is 12.2 Å². The van der Waals surface area contributed by atoms with Gasteiger partial charge < -0.3 is 14.7 Å². The number of nitrogens with zero attached hydrogens (tertiary/aromatic N) is 1. The van der Waals surface area contributed by atoms with Crippen molar-refractivity contribution in [2.24, 2.45) is 16.7 Å². The van der Waals surface area contributed by atoms with Crippen LogP contribution in [0.4, 0.5) is 0 Å². The average molecular weight is 338 g/mol. The van der Waals surface area contributed by atoms with Crippen molar-refractivity contribution < 1.29 is 9.84 Å². The lowest BCUT2D eigenvalue weighted by Gasteiger charge is -2.39. The second-order valence-corrected chi connectivity index (χ2v) is 9.64. The Morgan fingerprint density at radius 2 is 1.83 bits per heavy atom. The van der Waals surface area contributed by atoms with Gasteiger partial charge in [-0.15, -0.1) is 0 Å². The highest BCUT2D eigenvalue weighted by molar-refractivity contribution is 5.11. The van der Waals surface area contributed by atoms with Gasteiger partial charge in [-0.1, -0.05) is 40.0 Å². The van der Waals surface area contributed by atoms with E-state index < -0.39 is 0 Å². The SMILES string of the molecule is CN(C[C@H](O)CCO[C@H]1C[C@H]2CC[C@@]1(C)C2(C)C)C1CCCCC1. The molecule has 3 fully saturated rings. The maximum Gasteiger partial charge on any atom is 0.0689 e. The first-order valence-corrected chi connectivity index (χ1v) is 10.3. The highest BCUT2D eigenvalue weighted by atomic mass is 16.5. The molecule has 0 heterocycles. The molecule has 0 amide bonds. The average Bonchev–Trinajstić information content (AvgIpc) is 2.89. The van der Waals surface area contributed by atoms with Gasteiger partial charge in [0, 0.05) is 19.2 Å². The van der Waals surface area contributed by atoms with Gasteiger partial charge in [0.15, 0.2) is 0 Å². The molecule has 3 aliphatic carbocycles. The molecule has 2 bridgehead atoms. The van der Waals surface area contributed by atoms with Crippen molar-refractivity contribution in [3.05, 3.63) is 0 Å². The molecule has 3 saturated carbocycles. The van der Waals surface area contributed by atoms with Crippen LogP contribution in [-0.4, -0.2) is 48.5 Å². The first-order chi connectivity index (χ1) is 11.3. The molecule has 3 aliphatic rings. The molecule has 0 aromatic carbocycles. The zero-order chi connectivity index (χ0) is 17.4. The minimum Gasteiger partial charge on any atom is -0.392 e. The minimum atomic E-state index is -0.253. The largest absolute Gasteiger partial charge is 0.392 e. The third-order valence-electron chi connectivity index (χ3n) is 8.18. The number of ether oxygens (including phenoxy) is 1. The van der Waals surface area contributed by atoms with Gasteiger partial charge in [0.25, 0.3) is 0 Å². The van der Waals surface area contributed by atoms with E-state index in [4.69, 9.17) is 4.74 Å². The lowest BCUT2D eigenvalue weighted by Crippen LogP contribution is -2.40. The third kappa shape index (κ3) is 3.41. The molecule has 4 atom stereocenters. The van der Waals surface area contributed by atoms with Crippen molar-refractivity contribution in [2.45, 2.75) is 96.8 Å². The van der Waals surface area contributed by atoms with Crippen LogP contribution in [0.15, 0.2) is 0 Å². The van der Waals surface area contributed by atoms with E-state index in [1.807, 2.05) is 0 Å². The van der Waals surface area contributed by atoms with E-state index in [9.17, 15) is 5.11 Å².